The highest BCUT2D eigenvalue weighted by atomic mass is 79.9. The van der Waals surface area contributed by atoms with E-state index in [-0.39, 0.29) is 23.6 Å². The summed E-state index contributed by atoms with van der Waals surface area (Å²) in [5.41, 5.74) is 4.30. The van der Waals surface area contributed by atoms with Gasteiger partial charge >= 0.3 is 0 Å². The number of hydrazine groups is 1. The molecule has 3 atom stereocenters. The molecule has 1 aliphatic rings. The number of nitrogens with zero attached hydrogens (tertiary/aromatic N) is 2. The Hall–Kier alpha value is -2.82. The average Bonchev–Trinajstić information content (AvgIpc) is 2.82. The van der Waals surface area contributed by atoms with Crippen molar-refractivity contribution in [3.63, 3.8) is 0 Å². The molecule has 1 fully saturated rings. The zero-order chi connectivity index (χ0) is 25.0. The Labute approximate surface area is 207 Å². The van der Waals surface area contributed by atoms with Gasteiger partial charge in [-0.2, -0.15) is 0 Å². The molecule has 0 bridgehead atoms. The van der Waals surface area contributed by atoms with Gasteiger partial charge in [0.15, 0.2) is 0 Å². The van der Waals surface area contributed by atoms with Crippen LogP contribution in [0.3, 0.4) is 0 Å². The van der Waals surface area contributed by atoms with Gasteiger partial charge in [0, 0.05) is 16.4 Å². The molecule has 182 valence electrons. The molecular formula is C24H30BrN5O4. The van der Waals surface area contributed by atoms with Crippen LogP contribution in [-0.2, 0) is 14.4 Å². The van der Waals surface area contributed by atoms with Gasteiger partial charge < -0.3 is 15.7 Å². The second kappa shape index (κ2) is 11.1. The van der Waals surface area contributed by atoms with E-state index in [1.54, 1.807) is 13.8 Å². The van der Waals surface area contributed by atoms with Gasteiger partial charge in [0.1, 0.15) is 17.8 Å². The lowest BCUT2D eigenvalue weighted by Crippen LogP contribution is -2.58. The van der Waals surface area contributed by atoms with Crippen molar-refractivity contribution in [1.29, 1.82) is 0 Å². The summed E-state index contributed by atoms with van der Waals surface area (Å²) in [5, 5.41) is 17.4. The second-order valence-corrected chi connectivity index (χ2v) is 9.66. The first-order valence-electron chi connectivity index (χ1n) is 11.2. The Morgan fingerprint density at radius 1 is 1.24 bits per heavy atom. The summed E-state index contributed by atoms with van der Waals surface area (Å²) in [4.78, 5) is 42.3. The standard InChI is InChI=1S/C24H30BrN5O4/c1-13(2)21(31)23(33)27-15(4)24(34)30-11-5-6-19(29-30)22(32)26-14(3)18-10-8-16-7-9-17(25)12-20(16)28-18/h7-10,12-14,19,21,29,31H,4-6,11H2,1-3H3,(H,26,32)(H,27,33)/t14-,19+,21+/m1/s1. The number of aliphatic hydroxyl groups is 1. The van der Waals surface area contributed by atoms with E-state index in [2.05, 4.69) is 43.6 Å². The molecule has 0 unspecified atom stereocenters. The van der Waals surface area contributed by atoms with Crippen LogP contribution < -0.4 is 16.1 Å². The molecular weight excluding hydrogens is 502 g/mol. The van der Waals surface area contributed by atoms with Crippen molar-refractivity contribution in [2.24, 2.45) is 5.92 Å². The number of aliphatic hydroxyl groups excluding tert-OH is 1. The van der Waals surface area contributed by atoms with Crippen LogP contribution in [0.5, 0.6) is 0 Å². The van der Waals surface area contributed by atoms with Crippen molar-refractivity contribution in [2.45, 2.75) is 51.8 Å². The van der Waals surface area contributed by atoms with E-state index in [4.69, 9.17) is 0 Å². The molecule has 3 rings (SSSR count). The largest absolute Gasteiger partial charge is 0.383 e. The van der Waals surface area contributed by atoms with Crippen LogP contribution in [0, 0.1) is 5.92 Å². The number of halogens is 1. The minimum Gasteiger partial charge on any atom is -0.383 e. The van der Waals surface area contributed by atoms with Crippen molar-refractivity contribution in [1.82, 2.24) is 26.1 Å². The van der Waals surface area contributed by atoms with E-state index in [0.717, 1.165) is 21.1 Å². The quantitative estimate of drug-likeness (QED) is 0.406. The Morgan fingerprint density at radius 2 is 1.94 bits per heavy atom. The predicted octanol–water partition coefficient (Wildman–Crippen LogP) is 2.32. The van der Waals surface area contributed by atoms with Crippen molar-refractivity contribution in [2.75, 3.05) is 6.54 Å². The fraction of sp³-hybridized carbons (Fsp3) is 0.417. The highest BCUT2D eigenvalue weighted by Crippen LogP contribution is 2.21. The minimum atomic E-state index is -1.25. The van der Waals surface area contributed by atoms with Gasteiger partial charge in [-0.3, -0.25) is 24.4 Å². The number of amides is 3. The topological polar surface area (TPSA) is 124 Å². The van der Waals surface area contributed by atoms with Gasteiger partial charge in [-0.15, -0.1) is 0 Å². The summed E-state index contributed by atoms with van der Waals surface area (Å²) < 4.78 is 0.925. The average molecular weight is 532 g/mol. The highest BCUT2D eigenvalue weighted by molar-refractivity contribution is 9.10. The van der Waals surface area contributed by atoms with Crippen LogP contribution in [0.1, 0.15) is 45.3 Å². The lowest BCUT2D eigenvalue weighted by molar-refractivity contribution is -0.139. The van der Waals surface area contributed by atoms with Gasteiger partial charge in [0.25, 0.3) is 11.8 Å². The number of aromatic nitrogens is 1. The van der Waals surface area contributed by atoms with Crippen molar-refractivity contribution in [3.8, 4) is 0 Å². The molecule has 0 spiro atoms. The molecule has 2 heterocycles. The smallest absolute Gasteiger partial charge is 0.283 e. The number of hydrogen-bond acceptors (Lipinski definition) is 6. The maximum Gasteiger partial charge on any atom is 0.283 e. The van der Waals surface area contributed by atoms with Crippen LogP contribution in [0.4, 0.5) is 0 Å². The van der Waals surface area contributed by atoms with Crippen molar-refractivity contribution < 1.29 is 19.5 Å². The molecule has 1 aromatic carbocycles. The molecule has 3 amide bonds. The summed E-state index contributed by atoms with van der Waals surface area (Å²) in [5.74, 6) is -1.81. The third kappa shape index (κ3) is 6.19. The van der Waals surface area contributed by atoms with Gasteiger partial charge in [0.2, 0.25) is 5.91 Å². The van der Waals surface area contributed by atoms with Gasteiger partial charge in [-0.25, -0.2) is 5.43 Å². The number of pyridine rings is 1. The van der Waals surface area contributed by atoms with E-state index in [0.29, 0.717) is 19.4 Å². The Morgan fingerprint density at radius 3 is 2.65 bits per heavy atom. The van der Waals surface area contributed by atoms with Crippen LogP contribution in [0.2, 0.25) is 0 Å². The lowest BCUT2D eigenvalue weighted by Gasteiger charge is -2.34. The molecule has 0 saturated carbocycles. The van der Waals surface area contributed by atoms with Gasteiger partial charge in [0.05, 0.1) is 17.3 Å². The van der Waals surface area contributed by atoms with E-state index in [9.17, 15) is 19.5 Å². The van der Waals surface area contributed by atoms with Crippen LogP contribution in [-0.4, -0.2) is 51.5 Å². The Bertz CT molecular complexity index is 1110. The van der Waals surface area contributed by atoms with E-state index >= 15 is 0 Å². The second-order valence-electron chi connectivity index (χ2n) is 8.74. The number of nitrogens with one attached hydrogen (secondary N) is 3. The van der Waals surface area contributed by atoms with E-state index in [1.807, 2.05) is 37.3 Å². The zero-order valence-corrected chi connectivity index (χ0v) is 21.1. The fourth-order valence-electron chi connectivity index (χ4n) is 3.60. The summed E-state index contributed by atoms with van der Waals surface area (Å²) in [6.45, 7) is 9.21. The number of hydrogen-bond donors (Lipinski definition) is 4. The molecule has 0 radical (unpaired) electrons. The van der Waals surface area contributed by atoms with Gasteiger partial charge in [-0.05, 0) is 43.9 Å². The molecule has 1 aromatic heterocycles. The van der Waals surface area contributed by atoms with E-state index < -0.39 is 24.0 Å². The Kier molecular flexibility index (Phi) is 8.40. The third-order valence-corrected chi connectivity index (χ3v) is 6.15. The molecule has 2 aromatic rings. The zero-order valence-electron chi connectivity index (χ0n) is 19.5. The fourth-order valence-corrected chi connectivity index (χ4v) is 3.95. The molecule has 9 nitrogen and oxygen atoms in total. The third-order valence-electron chi connectivity index (χ3n) is 5.66. The van der Waals surface area contributed by atoms with Gasteiger partial charge in [-0.1, -0.05) is 48.5 Å². The summed E-state index contributed by atoms with van der Waals surface area (Å²) in [6.07, 6.45) is -0.0991. The van der Waals surface area contributed by atoms with Crippen LogP contribution in [0.15, 0.2) is 47.1 Å². The van der Waals surface area contributed by atoms with Crippen molar-refractivity contribution in [3.05, 3.63) is 52.8 Å². The SMILES string of the molecule is C=C(NC(=O)[C@@H](O)C(C)C)C(=O)N1CCC[C@@H](C(=O)N[C@H](C)c2ccc3ccc(Br)cc3n2)N1. The molecule has 1 saturated heterocycles. The van der Waals surface area contributed by atoms with Crippen molar-refractivity contribution >= 4 is 44.6 Å². The Balaban J connectivity index is 1.60. The molecule has 1 aliphatic heterocycles. The number of rotatable bonds is 7. The van der Waals surface area contributed by atoms with Crippen LogP contribution >= 0.6 is 15.9 Å². The monoisotopic (exact) mass is 531 g/mol. The summed E-state index contributed by atoms with van der Waals surface area (Å²) in [6, 6.07) is 8.71. The van der Waals surface area contributed by atoms with Crippen LogP contribution in [0.25, 0.3) is 10.9 Å². The molecule has 34 heavy (non-hydrogen) atoms. The summed E-state index contributed by atoms with van der Waals surface area (Å²) in [7, 11) is 0. The summed E-state index contributed by atoms with van der Waals surface area (Å²) >= 11 is 3.45. The number of carbonyl (C=O) groups excluding carboxylic acids is 3. The molecule has 10 heteroatoms. The van der Waals surface area contributed by atoms with E-state index in [1.165, 1.54) is 5.01 Å². The first-order valence-corrected chi connectivity index (χ1v) is 12.0. The maximum atomic E-state index is 12.9. The lowest BCUT2D eigenvalue weighted by atomic mass is 10.1. The maximum absolute atomic E-state index is 12.9. The highest BCUT2D eigenvalue weighted by Gasteiger charge is 2.31. The molecule has 4 N–H and O–H groups in total. The predicted molar refractivity (Wildman–Crippen MR) is 132 cm³/mol. The number of carbonyl (C=O) groups is 3. The number of fused-ring (bicyclic) bond motifs is 1. The molecule has 0 aliphatic carbocycles. The normalized spacial score (nSPS) is 17.8. The first kappa shape index (κ1) is 25.8. The number of benzene rings is 1. The first-order chi connectivity index (χ1) is 16.1. The minimum absolute atomic E-state index is 0.168.